The fraction of sp³-hybridized carbons (Fsp3) is 0.222. The van der Waals surface area contributed by atoms with Gasteiger partial charge in [0.25, 0.3) is 0 Å². The van der Waals surface area contributed by atoms with Crippen LogP contribution in [0.5, 0.6) is 0 Å². The van der Waals surface area contributed by atoms with Crippen molar-refractivity contribution in [3.63, 3.8) is 0 Å². The van der Waals surface area contributed by atoms with Gasteiger partial charge in [-0.1, -0.05) is 24.3 Å². The van der Waals surface area contributed by atoms with E-state index in [1.807, 2.05) is 24.3 Å². The maximum atomic E-state index is 5.48. The molecule has 0 aliphatic carbocycles. The fourth-order valence-corrected chi connectivity index (χ4v) is 1.05. The molecule has 4 heteroatoms. The standard InChI is InChI=1S/C9H14N4/c10-6-8-3-1-7(2-4-8)5-9(11)13-12/h1-4H,5-6,10,12H2,(H2,11,13). The summed E-state index contributed by atoms with van der Waals surface area (Å²) >= 11 is 0. The van der Waals surface area contributed by atoms with Crippen LogP contribution in [0.2, 0.25) is 0 Å². The molecule has 0 fully saturated rings. The number of benzene rings is 1. The SMILES string of the molecule is NCc1ccc(C/C(N)=N/N)cc1. The lowest BCUT2D eigenvalue weighted by Crippen LogP contribution is -2.16. The van der Waals surface area contributed by atoms with Gasteiger partial charge in [0.05, 0.1) is 0 Å². The van der Waals surface area contributed by atoms with Gasteiger partial charge in [-0.2, -0.15) is 5.10 Å². The molecule has 1 aromatic rings. The molecule has 0 radical (unpaired) electrons. The second kappa shape index (κ2) is 4.47. The van der Waals surface area contributed by atoms with Crippen LogP contribution in [0.25, 0.3) is 0 Å². The summed E-state index contributed by atoms with van der Waals surface area (Å²) in [5.41, 5.74) is 13.1. The van der Waals surface area contributed by atoms with E-state index < -0.39 is 0 Å². The summed E-state index contributed by atoms with van der Waals surface area (Å²) in [6.07, 6.45) is 0.585. The molecule has 0 unspecified atom stereocenters. The van der Waals surface area contributed by atoms with Crippen molar-refractivity contribution in [1.82, 2.24) is 0 Å². The van der Waals surface area contributed by atoms with E-state index in [9.17, 15) is 0 Å². The Balaban J connectivity index is 2.69. The van der Waals surface area contributed by atoms with E-state index in [1.165, 1.54) is 0 Å². The topological polar surface area (TPSA) is 90.4 Å². The van der Waals surface area contributed by atoms with Crippen LogP contribution in [0.4, 0.5) is 0 Å². The van der Waals surface area contributed by atoms with Gasteiger partial charge in [0.1, 0.15) is 5.84 Å². The highest BCUT2D eigenvalue weighted by atomic mass is 15.1. The molecule has 0 aromatic heterocycles. The number of hydrogen-bond donors (Lipinski definition) is 3. The molecule has 0 aliphatic heterocycles. The minimum absolute atomic E-state index is 0.431. The van der Waals surface area contributed by atoms with E-state index in [2.05, 4.69) is 5.10 Å². The summed E-state index contributed by atoms with van der Waals surface area (Å²) in [6.45, 7) is 0.556. The van der Waals surface area contributed by atoms with Crippen LogP contribution in [0.1, 0.15) is 11.1 Å². The third-order valence-corrected chi connectivity index (χ3v) is 1.81. The average Bonchev–Trinajstić information content (AvgIpc) is 2.19. The third-order valence-electron chi connectivity index (χ3n) is 1.81. The molecule has 1 rings (SSSR count). The van der Waals surface area contributed by atoms with Crippen LogP contribution >= 0.6 is 0 Å². The number of amidine groups is 1. The Morgan fingerprint density at radius 2 is 1.69 bits per heavy atom. The Morgan fingerprint density at radius 3 is 2.15 bits per heavy atom. The van der Waals surface area contributed by atoms with Gasteiger partial charge in [-0.15, -0.1) is 0 Å². The van der Waals surface area contributed by atoms with Gasteiger partial charge in [0.15, 0.2) is 0 Å². The maximum Gasteiger partial charge on any atom is 0.123 e. The van der Waals surface area contributed by atoms with Gasteiger partial charge in [-0.05, 0) is 11.1 Å². The first-order chi connectivity index (χ1) is 6.26. The Morgan fingerprint density at radius 1 is 1.15 bits per heavy atom. The molecule has 0 atom stereocenters. The van der Waals surface area contributed by atoms with Crippen LogP contribution in [-0.2, 0) is 13.0 Å². The molecule has 0 spiro atoms. The third kappa shape index (κ3) is 2.76. The fourth-order valence-electron chi connectivity index (χ4n) is 1.05. The van der Waals surface area contributed by atoms with E-state index in [-0.39, 0.29) is 0 Å². The van der Waals surface area contributed by atoms with E-state index in [4.69, 9.17) is 17.3 Å². The highest BCUT2D eigenvalue weighted by Gasteiger charge is 1.96. The first-order valence-corrected chi connectivity index (χ1v) is 4.06. The maximum absolute atomic E-state index is 5.48. The lowest BCUT2D eigenvalue weighted by Gasteiger charge is -2.01. The molecule has 0 bridgehead atoms. The van der Waals surface area contributed by atoms with E-state index in [1.54, 1.807) is 0 Å². The van der Waals surface area contributed by atoms with E-state index in [0.717, 1.165) is 11.1 Å². The number of nitrogens with zero attached hydrogens (tertiary/aromatic N) is 1. The smallest absolute Gasteiger partial charge is 0.123 e. The van der Waals surface area contributed by atoms with Crippen LogP contribution in [0.15, 0.2) is 29.4 Å². The van der Waals surface area contributed by atoms with Gasteiger partial charge in [0, 0.05) is 13.0 Å². The minimum Gasteiger partial charge on any atom is -0.385 e. The molecule has 1 aromatic carbocycles. The molecule has 70 valence electrons. The van der Waals surface area contributed by atoms with Crippen molar-refractivity contribution >= 4 is 5.84 Å². The summed E-state index contributed by atoms with van der Waals surface area (Å²) < 4.78 is 0. The molecule has 0 aliphatic rings. The van der Waals surface area contributed by atoms with Crippen molar-refractivity contribution in [2.24, 2.45) is 22.4 Å². The Bertz CT molecular complexity index is 289. The predicted molar refractivity (Wildman–Crippen MR) is 53.8 cm³/mol. The van der Waals surface area contributed by atoms with Crippen molar-refractivity contribution < 1.29 is 0 Å². The lowest BCUT2D eigenvalue weighted by molar-refractivity contribution is 1.07. The lowest BCUT2D eigenvalue weighted by atomic mass is 10.1. The van der Waals surface area contributed by atoms with Gasteiger partial charge in [-0.25, -0.2) is 0 Å². The number of nitrogens with two attached hydrogens (primary N) is 3. The first kappa shape index (κ1) is 9.54. The second-order valence-corrected chi connectivity index (χ2v) is 2.82. The summed E-state index contributed by atoms with van der Waals surface area (Å²) in [5.74, 6) is 5.45. The average molecular weight is 178 g/mol. The quantitative estimate of drug-likeness (QED) is 0.262. The van der Waals surface area contributed by atoms with Crippen LogP contribution < -0.4 is 17.3 Å². The van der Waals surface area contributed by atoms with E-state index in [0.29, 0.717) is 18.8 Å². The van der Waals surface area contributed by atoms with Crippen LogP contribution in [0, 0.1) is 0 Å². The highest BCUT2D eigenvalue weighted by molar-refractivity contribution is 5.82. The van der Waals surface area contributed by atoms with Gasteiger partial charge < -0.3 is 17.3 Å². The van der Waals surface area contributed by atoms with Crippen LogP contribution in [0.3, 0.4) is 0 Å². The van der Waals surface area contributed by atoms with Crippen molar-refractivity contribution in [2.75, 3.05) is 0 Å². The van der Waals surface area contributed by atoms with E-state index >= 15 is 0 Å². The molecule has 0 heterocycles. The normalized spacial score (nSPS) is 11.6. The molecule has 0 amide bonds. The Hall–Kier alpha value is -1.55. The Kier molecular flexibility index (Phi) is 3.28. The van der Waals surface area contributed by atoms with Crippen molar-refractivity contribution in [3.05, 3.63) is 35.4 Å². The molecule has 4 nitrogen and oxygen atoms in total. The molecular weight excluding hydrogens is 164 g/mol. The van der Waals surface area contributed by atoms with Crippen LogP contribution in [-0.4, -0.2) is 5.84 Å². The zero-order valence-electron chi connectivity index (χ0n) is 7.40. The number of rotatable bonds is 3. The molecular formula is C9H14N4. The minimum atomic E-state index is 0.431. The summed E-state index contributed by atoms with van der Waals surface area (Å²) in [7, 11) is 0. The van der Waals surface area contributed by atoms with Gasteiger partial charge in [0.2, 0.25) is 0 Å². The largest absolute Gasteiger partial charge is 0.385 e. The Labute approximate surface area is 77.4 Å². The zero-order valence-corrected chi connectivity index (χ0v) is 7.40. The first-order valence-electron chi connectivity index (χ1n) is 4.06. The van der Waals surface area contributed by atoms with Crippen molar-refractivity contribution in [2.45, 2.75) is 13.0 Å². The summed E-state index contributed by atoms with van der Waals surface area (Å²) in [5, 5.41) is 3.40. The van der Waals surface area contributed by atoms with Gasteiger partial charge >= 0.3 is 0 Å². The highest BCUT2D eigenvalue weighted by Crippen LogP contribution is 2.04. The van der Waals surface area contributed by atoms with Gasteiger partial charge in [-0.3, -0.25) is 0 Å². The summed E-state index contributed by atoms with van der Waals surface area (Å²) in [6, 6.07) is 7.89. The second-order valence-electron chi connectivity index (χ2n) is 2.82. The molecule has 0 saturated carbocycles. The van der Waals surface area contributed by atoms with Crippen molar-refractivity contribution in [1.29, 1.82) is 0 Å². The number of hydrogen-bond acceptors (Lipinski definition) is 3. The monoisotopic (exact) mass is 178 g/mol. The molecule has 6 N–H and O–H groups in total. The summed E-state index contributed by atoms with van der Waals surface area (Å²) in [4.78, 5) is 0. The van der Waals surface area contributed by atoms with Crippen molar-refractivity contribution in [3.8, 4) is 0 Å². The molecule has 0 saturated heterocycles. The number of hydrazone groups is 1. The predicted octanol–water partition coefficient (Wildman–Crippen LogP) is -0.0813. The molecule has 13 heavy (non-hydrogen) atoms. The zero-order chi connectivity index (χ0) is 9.68.